The van der Waals surface area contributed by atoms with E-state index in [0.717, 1.165) is 5.56 Å². The van der Waals surface area contributed by atoms with E-state index in [2.05, 4.69) is 9.97 Å². The summed E-state index contributed by atoms with van der Waals surface area (Å²) >= 11 is 0. The Morgan fingerprint density at radius 1 is 1.32 bits per heavy atom. The van der Waals surface area contributed by atoms with Crippen molar-refractivity contribution in [3.8, 4) is 5.75 Å². The highest BCUT2D eigenvalue weighted by molar-refractivity contribution is 5.74. The second-order valence-corrected chi connectivity index (χ2v) is 4.57. The van der Waals surface area contributed by atoms with Crippen molar-refractivity contribution < 1.29 is 19.4 Å². The Hall–Kier alpha value is -2.47. The van der Waals surface area contributed by atoms with Gasteiger partial charge in [-0.3, -0.25) is 9.97 Å². The molecule has 116 valence electrons. The predicted octanol–water partition coefficient (Wildman–Crippen LogP) is 1.52. The van der Waals surface area contributed by atoms with E-state index in [0.29, 0.717) is 11.4 Å². The van der Waals surface area contributed by atoms with E-state index in [-0.39, 0.29) is 19.6 Å². The smallest absolute Gasteiger partial charge is 0.335 e. The Morgan fingerprint density at radius 2 is 2.14 bits per heavy atom. The fourth-order valence-corrected chi connectivity index (χ4v) is 1.90. The zero-order chi connectivity index (χ0) is 15.8. The second kappa shape index (κ2) is 8.09. The fraction of sp³-hybridized carbons (Fsp3) is 0.312. The number of aliphatic hydroxyl groups is 1. The highest BCUT2D eigenvalue weighted by Gasteiger charge is 2.18. The van der Waals surface area contributed by atoms with E-state index in [4.69, 9.17) is 9.47 Å². The molecule has 0 fully saturated rings. The summed E-state index contributed by atoms with van der Waals surface area (Å²) in [5, 5.41) is 9.86. The molecule has 0 bridgehead atoms. The van der Waals surface area contributed by atoms with E-state index in [1.54, 1.807) is 37.6 Å². The largest absolute Gasteiger partial charge is 0.487 e. The molecule has 1 N–H and O–H groups in total. The van der Waals surface area contributed by atoms with Crippen LogP contribution in [-0.4, -0.2) is 33.8 Å². The Morgan fingerprint density at radius 3 is 2.86 bits per heavy atom. The molecule has 1 aromatic heterocycles. The Kier molecular flexibility index (Phi) is 5.85. The number of carbonyl (C=O) groups is 1. The molecule has 1 unspecified atom stereocenters. The van der Waals surface area contributed by atoms with Crippen molar-refractivity contribution in [3.05, 3.63) is 54.1 Å². The third kappa shape index (κ3) is 4.53. The van der Waals surface area contributed by atoms with Crippen molar-refractivity contribution >= 4 is 5.97 Å². The van der Waals surface area contributed by atoms with E-state index >= 15 is 0 Å². The van der Waals surface area contributed by atoms with Gasteiger partial charge in [0.15, 0.2) is 6.10 Å². The number of benzene rings is 1. The van der Waals surface area contributed by atoms with Gasteiger partial charge in [0, 0.05) is 18.8 Å². The lowest BCUT2D eigenvalue weighted by atomic mass is 10.1. The molecule has 0 aliphatic heterocycles. The lowest BCUT2D eigenvalue weighted by molar-refractivity contribution is -0.152. The molecule has 0 saturated heterocycles. The molecular formula is C16H18N2O4. The Labute approximate surface area is 128 Å². The highest BCUT2D eigenvalue weighted by atomic mass is 16.5. The summed E-state index contributed by atoms with van der Waals surface area (Å²) in [6.07, 6.45) is 3.73. The molecule has 2 aromatic rings. The van der Waals surface area contributed by atoms with Crippen LogP contribution in [0.2, 0.25) is 0 Å². The zero-order valence-electron chi connectivity index (χ0n) is 12.3. The zero-order valence-corrected chi connectivity index (χ0v) is 12.3. The van der Waals surface area contributed by atoms with Gasteiger partial charge in [-0.05, 0) is 18.6 Å². The number of carbonyl (C=O) groups excluding carboxylic acids is 1. The highest BCUT2D eigenvalue weighted by Crippen LogP contribution is 2.21. The standard InChI is InChI=1S/C16H18N2O4/c1-2-21-16(20)14(19)9-12-5-3-4-6-15(12)22-11-13-10-17-7-8-18-13/h3-8,10,14,19H,2,9,11H2,1H3. The maximum Gasteiger partial charge on any atom is 0.335 e. The van der Waals surface area contributed by atoms with Gasteiger partial charge in [0.05, 0.1) is 18.5 Å². The van der Waals surface area contributed by atoms with Crippen LogP contribution in [0.15, 0.2) is 42.9 Å². The van der Waals surface area contributed by atoms with Crippen LogP contribution in [0.3, 0.4) is 0 Å². The fourth-order valence-electron chi connectivity index (χ4n) is 1.90. The molecule has 1 aromatic carbocycles. The number of hydrogen-bond donors (Lipinski definition) is 1. The SMILES string of the molecule is CCOC(=O)C(O)Cc1ccccc1OCc1cnccn1. The number of para-hydroxylation sites is 1. The molecule has 1 heterocycles. The molecule has 0 amide bonds. The average molecular weight is 302 g/mol. The number of rotatable bonds is 7. The molecule has 2 rings (SSSR count). The van der Waals surface area contributed by atoms with Gasteiger partial charge in [0.1, 0.15) is 12.4 Å². The lowest BCUT2D eigenvalue weighted by Crippen LogP contribution is -2.25. The molecule has 0 aliphatic rings. The van der Waals surface area contributed by atoms with Crippen LogP contribution in [0.25, 0.3) is 0 Å². The van der Waals surface area contributed by atoms with Gasteiger partial charge in [0.25, 0.3) is 0 Å². The first-order chi connectivity index (χ1) is 10.7. The summed E-state index contributed by atoms with van der Waals surface area (Å²) in [5.41, 5.74) is 1.43. The van der Waals surface area contributed by atoms with Gasteiger partial charge in [-0.1, -0.05) is 18.2 Å². The monoisotopic (exact) mass is 302 g/mol. The van der Waals surface area contributed by atoms with E-state index < -0.39 is 12.1 Å². The Balaban J connectivity index is 2.02. The van der Waals surface area contributed by atoms with Crippen LogP contribution in [0.1, 0.15) is 18.2 Å². The minimum atomic E-state index is -1.21. The van der Waals surface area contributed by atoms with Crippen LogP contribution in [-0.2, 0) is 22.6 Å². The molecule has 6 heteroatoms. The number of nitrogens with zero attached hydrogens (tertiary/aromatic N) is 2. The van der Waals surface area contributed by atoms with E-state index in [9.17, 15) is 9.90 Å². The maximum atomic E-state index is 11.5. The minimum absolute atomic E-state index is 0.134. The van der Waals surface area contributed by atoms with Crippen molar-refractivity contribution in [2.24, 2.45) is 0 Å². The summed E-state index contributed by atoms with van der Waals surface area (Å²) < 4.78 is 10.5. The molecule has 0 aliphatic carbocycles. The summed E-state index contributed by atoms with van der Waals surface area (Å²) in [6, 6.07) is 7.23. The molecule has 6 nitrogen and oxygen atoms in total. The first-order valence-electron chi connectivity index (χ1n) is 7.01. The van der Waals surface area contributed by atoms with Crippen molar-refractivity contribution in [1.29, 1.82) is 0 Å². The van der Waals surface area contributed by atoms with Crippen LogP contribution >= 0.6 is 0 Å². The van der Waals surface area contributed by atoms with Gasteiger partial charge in [0.2, 0.25) is 0 Å². The topological polar surface area (TPSA) is 81.5 Å². The maximum absolute atomic E-state index is 11.5. The van der Waals surface area contributed by atoms with Crippen molar-refractivity contribution in [2.45, 2.75) is 26.1 Å². The third-order valence-electron chi connectivity index (χ3n) is 2.94. The summed E-state index contributed by atoms with van der Waals surface area (Å²) in [6.45, 7) is 2.20. The molecule has 0 spiro atoms. The molecule has 0 saturated carbocycles. The second-order valence-electron chi connectivity index (χ2n) is 4.57. The molecule has 22 heavy (non-hydrogen) atoms. The van der Waals surface area contributed by atoms with Gasteiger partial charge in [-0.15, -0.1) is 0 Å². The predicted molar refractivity (Wildman–Crippen MR) is 79.1 cm³/mol. The average Bonchev–Trinajstić information content (AvgIpc) is 2.55. The number of ether oxygens (including phenoxy) is 2. The minimum Gasteiger partial charge on any atom is -0.487 e. The summed E-state index contributed by atoms with van der Waals surface area (Å²) in [7, 11) is 0. The van der Waals surface area contributed by atoms with Gasteiger partial charge in [-0.25, -0.2) is 4.79 Å². The van der Waals surface area contributed by atoms with Gasteiger partial charge in [-0.2, -0.15) is 0 Å². The van der Waals surface area contributed by atoms with Crippen molar-refractivity contribution in [3.63, 3.8) is 0 Å². The lowest BCUT2D eigenvalue weighted by Gasteiger charge is -2.14. The van der Waals surface area contributed by atoms with Crippen LogP contribution in [0.5, 0.6) is 5.75 Å². The van der Waals surface area contributed by atoms with Crippen molar-refractivity contribution in [2.75, 3.05) is 6.61 Å². The normalized spacial score (nSPS) is 11.7. The van der Waals surface area contributed by atoms with Crippen LogP contribution < -0.4 is 4.74 Å². The van der Waals surface area contributed by atoms with Gasteiger partial charge < -0.3 is 14.6 Å². The van der Waals surface area contributed by atoms with Gasteiger partial charge >= 0.3 is 5.97 Å². The summed E-state index contributed by atoms with van der Waals surface area (Å²) in [5.74, 6) is -0.0391. The van der Waals surface area contributed by atoms with E-state index in [1.807, 2.05) is 12.1 Å². The first kappa shape index (κ1) is 15.9. The summed E-state index contributed by atoms with van der Waals surface area (Å²) in [4.78, 5) is 19.6. The van der Waals surface area contributed by atoms with Crippen molar-refractivity contribution in [1.82, 2.24) is 9.97 Å². The molecular weight excluding hydrogens is 284 g/mol. The number of hydrogen-bond acceptors (Lipinski definition) is 6. The molecule has 0 radical (unpaired) electrons. The van der Waals surface area contributed by atoms with E-state index in [1.165, 1.54) is 0 Å². The number of aliphatic hydroxyl groups excluding tert-OH is 1. The Bertz CT molecular complexity index is 604. The quantitative estimate of drug-likeness (QED) is 0.781. The third-order valence-corrected chi connectivity index (χ3v) is 2.94. The number of esters is 1. The number of aromatic nitrogens is 2. The molecule has 1 atom stereocenters. The van der Waals surface area contributed by atoms with Crippen LogP contribution in [0.4, 0.5) is 0 Å². The first-order valence-corrected chi connectivity index (χ1v) is 7.01. The van der Waals surface area contributed by atoms with Crippen LogP contribution in [0, 0.1) is 0 Å².